The van der Waals surface area contributed by atoms with Crippen molar-refractivity contribution in [1.82, 2.24) is 15.3 Å². The van der Waals surface area contributed by atoms with E-state index in [1.54, 1.807) is 35.7 Å². The summed E-state index contributed by atoms with van der Waals surface area (Å²) in [6.07, 6.45) is 1.85. The van der Waals surface area contributed by atoms with E-state index in [0.29, 0.717) is 17.2 Å². The van der Waals surface area contributed by atoms with Crippen molar-refractivity contribution in [3.63, 3.8) is 0 Å². The molecule has 7 heteroatoms. The molecule has 0 aliphatic heterocycles. The van der Waals surface area contributed by atoms with Gasteiger partial charge >= 0.3 is 0 Å². The number of benzene rings is 2. The molecule has 4 rings (SSSR count). The molecule has 0 saturated heterocycles. The molecule has 2 aromatic carbocycles. The fraction of sp³-hybridized carbons (Fsp3) is 0.125. The standard InChI is InChI=1S/C24H20FN3O2S/c1-16-28-22(15-31-16)18-9-7-17(8-10-18)12-23(29)27-14-19-4-3-11-26-24(19)30-21-6-2-5-20(25)13-21/h2-11,13,15H,12,14H2,1H3,(H,27,29). The Labute approximate surface area is 183 Å². The zero-order valence-corrected chi connectivity index (χ0v) is 17.7. The van der Waals surface area contributed by atoms with Crippen LogP contribution < -0.4 is 10.1 Å². The average Bonchev–Trinajstić information content (AvgIpc) is 3.20. The van der Waals surface area contributed by atoms with Gasteiger partial charge in [0.25, 0.3) is 0 Å². The first-order chi connectivity index (χ1) is 15.1. The van der Waals surface area contributed by atoms with Crippen LogP contribution in [0.5, 0.6) is 11.6 Å². The van der Waals surface area contributed by atoms with Crippen LogP contribution in [-0.4, -0.2) is 15.9 Å². The quantitative estimate of drug-likeness (QED) is 0.429. The number of carbonyl (C=O) groups excluding carboxylic acids is 1. The SMILES string of the molecule is Cc1nc(-c2ccc(CC(=O)NCc3cccnc3Oc3cccc(F)c3)cc2)cs1. The van der Waals surface area contributed by atoms with Gasteiger partial charge in [0.15, 0.2) is 0 Å². The van der Waals surface area contributed by atoms with Crippen molar-refractivity contribution < 1.29 is 13.9 Å². The highest BCUT2D eigenvalue weighted by Crippen LogP contribution is 2.24. The Morgan fingerprint density at radius 1 is 1.13 bits per heavy atom. The monoisotopic (exact) mass is 433 g/mol. The molecule has 0 fully saturated rings. The van der Waals surface area contributed by atoms with Crippen molar-refractivity contribution in [1.29, 1.82) is 0 Å². The number of pyridine rings is 1. The van der Waals surface area contributed by atoms with E-state index in [1.165, 1.54) is 12.1 Å². The molecule has 0 aliphatic carbocycles. The lowest BCUT2D eigenvalue weighted by atomic mass is 10.1. The number of nitrogens with one attached hydrogen (secondary N) is 1. The normalized spacial score (nSPS) is 10.6. The number of ether oxygens (including phenoxy) is 1. The van der Waals surface area contributed by atoms with Gasteiger partial charge in [-0.1, -0.05) is 36.4 Å². The van der Waals surface area contributed by atoms with E-state index in [4.69, 9.17) is 4.74 Å². The largest absolute Gasteiger partial charge is 0.439 e. The van der Waals surface area contributed by atoms with Crippen molar-refractivity contribution in [2.24, 2.45) is 0 Å². The average molecular weight is 434 g/mol. The summed E-state index contributed by atoms with van der Waals surface area (Å²) < 4.78 is 19.1. The highest BCUT2D eigenvalue weighted by atomic mass is 32.1. The Balaban J connectivity index is 1.36. The van der Waals surface area contributed by atoms with Gasteiger partial charge in [-0.25, -0.2) is 14.4 Å². The van der Waals surface area contributed by atoms with Gasteiger partial charge < -0.3 is 10.1 Å². The maximum Gasteiger partial charge on any atom is 0.224 e. The van der Waals surface area contributed by atoms with Crippen LogP contribution in [0.15, 0.2) is 72.2 Å². The lowest BCUT2D eigenvalue weighted by Gasteiger charge is -2.11. The second-order valence-electron chi connectivity index (χ2n) is 6.93. The number of nitrogens with zero attached hydrogens (tertiary/aromatic N) is 2. The number of amides is 1. The molecule has 0 aliphatic rings. The minimum Gasteiger partial charge on any atom is -0.439 e. The lowest BCUT2D eigenvalue weighted by Crippen LogP contribution is -2.24. The van der Waals surface area contributed by atoms with E-state index < -0.39 is 0 Å². The maximum atomic E-state index is 13.4. The van der Waals surface area contributed by atoms with Crippen LogP contribution in [0, 0.1) is 12.7 Å². The van der Waals surface area contributed by atoms with Crippen LogP contribution >= 0.6 is 11.3 Å². The van der Waals surface area contributed by atoms with Crippen LogP contribution in [0.2, 0.25) is 0 Å². The van der Waals surface area contributed by atoms with Crippen molar-refractivity contribution in [3.05, 3.63) is 94.2 Å². The smallest absolute Gasteiger partial charge is 0.224 e. The van der Waals surface area contributed by atoms with E-state index in [9.17, 15) is 9.18 Å². The molecule has 2 aromatic heterocycles. The molecule has 0 unspecified atom stereocenters. The molecular formula is C24H20FN3O2S. The van der Waals surface area contributed by atoms with Crippen molar-refractivity contribution in [2.45, 2.75) is 19.9 Å². The summed E-state index contributed by atoms with van der Waals surface area (Å²) in [6, 6.07) is 17.2. The fourth-order valence-corrected chi connectivity index (χ4v) is 3.65. The Morgan fingerprint density at radius 3 is 2.71 bits per heavy atom. The molecule has 4 aromatic rings. The lowest BCUT2D eigenvalue weighted by molar-refractivity contribution is -0.120. The summed E-state index contributed by atoms with van der Waals surface area (Å²) in [5, 5.41) is 5.94. The zero-order chi connectivity index (χ0) is 21.6. The van der Waals surface area contributed by atoms with Gasteiger partial charge in [0.2, 0.25) is 11.8 Å². The van der Waals surface area contributed by atoms with Crippen molar-refractivity contribution in [2.75, 3.05) is 0 Å². The first-order valence-corrected chi connectivity index (χ1v) is 10.6. The number of rotatable bonds is 7. The van der Waals surface area contributed by atoms with Gasteiger partial charge in [0.05, 0.1) is 17.1 Å². The molecule has 0 radical (unpaired) electrons. The molecule has 0 bridgehead atoms. The van der Waals surface area contributed by atoms with Gasteiger partial charge in [-0.15, -0.1) is 11.3 Å². The summed E-state index contributed by atoms with van der Waals surface area (Å²) in [6.45, 7) is 2.23. The van der Waals surface area contributed by atoms with E-state index in [-0.39, 0.29) is 24.7 Å². The molecule has 5 nitrogen and oxygen atoms in total. The summed E-state index contributed by atoms with van der Waals surface area (Å²) in [5.41, 5.74) is 3.59. The number of hydrogen-bond acceptors (Lipinski definition) is 5. The second kappa shape index (κ2) is 9.49. The third-order valence-corrected chi connectivity index (χ3v) is 5.34. The van der Waals surface area contributed by atoms with E-state index in [0.717, 1.165) is 21.8 Å². The Kier molecular flexibility index (Phi) is 6.33. The summed E-state index contributed by atoms with van der Waals surface area (Å²) in [4.78, 5) is 21.1. The second-order valence-corrected chi connectivity index (χ2v) is 7.99. The van der Waals surface area contributed by atoms with Crippen LogP contribution in [-0.2, 0) is 17.8 Å². The highest BCUT2D eigenvalue weighted by Gasteiger charge is 2.10. The fourth-order valence-electron chi connectivity index (χ4n) is 3.02. The number of thiazole rings is 1. The first kappa shape index (κ1) is 20.7. The Hall–Kier alpha value is -3.58. The first-order valence-electron chi connectivity index (χ1n) is 9.72. The molecule has 1 amide bonds. The van der Waals surface area contributed by atoms with Crippen molar-refractivity contribution >= 4 is 17.2 Å². The molecular weight excluding hydrogens is 413 g/mol. The number of halogens is 1. The summed E-state index contributed by atoms with van der Waals surface area (Å²) in [7, 11) is 0. The third-order valence-electron chi connectivity index (χ3n) is 4.57. The molecule has 0 spiro atoms. The Morgan fingerprint density at radius 2 is 1.97 bits per heavy atom. The molecule has 156 valence electrons. The van der Waals surface area contributed by atoms with Crippen LogP contribution in [0.4, 0.5) is 4.39 Å². The van der Waals surface area contributed by atoms with E-state index >= 15 is 0 Å². The highest BCUT2D eigenvalue weighted by molar-refractivity contribution is 7.09. The summed E-state index contributed by atoms with van der Waals surface area (Å²) in [5.74, 6) is 0.176. The number of carbonyl (C=O) groups is 1. The molecule has 1 N–H and O–H groups in total. The molecule has 2 heterocycles. The summed E-state index contributed by atoms with van der Waals surface area (Å²) >= 11 is 1.61. The van der Waals surface area contributed by atoms with Crippen molar-refractivity contribution in [3.8, 4) is 22.9 Å². The third kappa shape index (κ3) is 5.52. The van der Waals surface area contributed by atoms with Gasteiger partial charge in [-0.3, -0.25) is 4.79 Å². The molecule has 0 atom stereocenters. The topological polar surface area (TPSA) is 64.1 Å². The molecule has 0 saturated carbocycles. The van der Waals surface area contributed by atoms with Gasteiger partial charge in [-0.2, -0.15) is 0 Å². The maximum absolute atomic E-state index is 13.4. The predicted octanol–water partition coefficient (Wildman–Crippen LogP) is 5.30. The zero-order valence-electron chi connectivity index (χ0n) is 16.8. The molecule has 31 heavy (non-hydrogen) atoms. The van der Waals surface area contributed by atoms with E-state index in [2.05, 4.69) is 15.3 Å². The number of aromatic nitrogens is 2. The van der Waals surface area contributed by atoms with Gasteiger partial charge in [-0.05, 0) is 30.7 Å². The number of aryl methyl sites for hydroxylation is 1. The number of hydrogen-bond donors (Lipinski definition) is 1. The predicted molar refractivity (Wildman–Crippen MR) is 119 cm³/mol. The van der Waals surface area contributed by atoms with Gasteiger partial charge in [0.1, 0.15) is 11.6 Å². The van der Waals surface area contributed by atoms with Gasteiger partial charge in [0, 0.05) is 35.3 Å². The van der Waals surface area contributed by atoms with Crippen LogP contribution in [0.25, 0.3) is 11.3 Å². The minimum atomic E-state index is -0.390. The minimum absolute atomic E-state index is 0.113. The Bertz CT molecular complexity index is 1190. The van der Waals surface area contributed by atoms with E-state index in [1.807, 2.05) is 42.6 Å². The van der Waals surface area contributed by atoms with Crippen LogP contribution in [0.1, 0.15) is 16.1 Å². The van der Waals surface area contributed by atoms with Crippen LogP contribution in [0.3, 0.4) is 0 Å².